The van der Waals surface area contributed by atoms with Crippen LogP contribution in [-0.4, -0.2) is 20.9 Å². The van der Waals surface area contributed by atoms with Gasteiger partial charge in [-0.3, -0.25) is 9.52 Å². The van der Waals surface area contributed by atoms with Crippen molar-refractivity contribution < 1.29 is 17.9 Å². The summed E-state index contributed by atoms with van der Waals surface area (Å²) in [7, 11) is -3.73. The molecule has 0 unspecified atom stereocenters. The molecule has 0 aromatic heterocycles. The summed E-state index contributed by atoms with van der Waals surface area (Å²) in [5.74, 6) is 0.121. The van der Waals surface area contributed by atoms with Gasteiger partial charge in [-0.25, -0.2) is 8.42 Å². The van der Waals surface area contributed by atoms with Gasteiger partial charge < -0.3 is 10.1 Å². The van der Waals surface area contributed by atoms with E-state index in [0.29, 0.717) is 11.4 Å². The van der Waals surface area contributed by atoms with Gasteiger partial charge in [-0.1, -0.05) is 23.8 Å². The van der Waals surface area contributed by atoms with Crippen molar-refractivity contribution in [1.29, 1.82) is 0 Å². The van der Waals surface area contributed by atoms with Crippen molar-refractivity contribution in [2.75, 3.05) is 16.6 Å². The van der Waals surface area contributed by atoms with E-state index in [9.17, 15) is 13.2 Å². The topological polar surface area (TPSA) is 84.5 Å². The number of sulfonamides is 1. The molecule has 0 bridgehead atoms. The first-order chi connectivity index (χ1) is 15.0. The second-order valence-electron chi connectivity index (χ2n) is 8.06. The third-order valence-electron chi connectivity index (χ3n) is 4.92. The molecule has 0 saturated heterocycles. The number of hydrogen-bond donors (Lipinski definition) is 2. The van der Waals surface area contributed by atoms with Gasteiger partial charge in [-0.05, 0) is 93.3 Å². The molecule has 0 heterocycles. The smallest absolute Gasteiger partial charge is 0.262 e. The zero-order valence-corrected chi connectivity index (χ0v) is 19.8. The lowest BCUT2D eigenvalue weighted by atomic mass is 10.1. The van der Waals surface area contributed by atoms with Gasteiger partial charge in [0.15, 0.2) is 6.61 Å². The maximum absolute atomic E-state index is 12.7. The highest BCUT2D eigenvalue weighted by Crippen LogP contribution is 2.23. The second kappa shape index (κ2) is 9.44. The average Bonchev–Trinajstić information content (AvgIpc) is 2.68. The zero-order chi connectivity index (χ0) is 23.5. The molecular formula is C25H28N2O4S. The predicted octanol–water partition coefficient (Wildman–Crippen LogP) is 5.05. The van der Waals surface area contributed by atoms with E-state index in [1.165, 1.54) is 24.3 Å². The highest BCUT2D eigenvalue weighted by molar-refractivity contribution is 7.92. The van der Waals surface area contributed by atoms with Gasteiger partial charge in [-0.15, -0.1) is 0 Å². The third kappa shape index (κ3) is 5.88. The van der Waals surface area contributed by atoms with Crippen LogP contribution < -0.4 is 14.8 Å². The third-order valence-corrected chi connectivity index (χ3v) is 6.32. The predicted molar refractivity (Wildman–Crippen MR) is 128 cm³/mol. The molecule has 1 amide bonds. The van der Waals surface area contributed by atoms with Crippen LogP contribution in [0.2, 0.25) is 0 Å². The lowest BCUT2D eigenvalue weighted by molar-refractivity contribution is -0.118. The fourth-order valence-electron chi connectivity index (χ4n) is 3.66. The van der Waals surface area contributed by atoms with E-state index in [4.69, 9.17) is 4.74 Å². The number of benzene rings is 3. The Morgan fingerprint density at radius 3 is 1.91 bits per heavy atom. The molecule has 0 atom stereocenters. The van der Waals surface area contributed by atoms with Crippen molar-refractivity contribution in [2.45, 2.75) is 39.5 Å². The van der Waals surface area contributed by atoms with Crippen LogP contribution in [0.1, 0.15) is 27.8 Å². The number of carbonyl (C=O) groups excluding carboxylic acids is 1. The van der Waals surface area contributed by atoms with Crippen LogP contribution in [0.5, 0.6) is 5.75 Å². The van der Waals surface area contributed by atoms with Crippen LogP contribution in [0.15, 0.2) is 59.5 Å². The molecule has 2 N–H and O–H groups in total. The minimum absolute atomic E-state index is 0.111. The lowest BCUT2D eigenvalue weighted by Crippen LogP contribution is -2.21. The van der Waals surface area contributed by atoms with Crippen molar-refractivity contribution in [3.63, 3.8) is 0 Å². The van der Waals surface area contributed by atoms with E-state index in [1.807, 2.05) is 52.8 Å². The summed E-state index contributed by atoms with van der Waals surface area (Å²) >= 11 is 0. The molecule has 0 spiro atoms. The van der Waals surface area contributed by atoms with Crippen LogP contribution in [-0.2, 0) is 14.8 Å². The quantitative estimate of drug-likeness (QED) is 0.526. The van der Waals surface area contributed by atoms with Gasteiger partial charge in [0.1, 0.15) is 5.75 Å². The summed E-state index contributed by atoms with van der Waals surface area (Å²) in [4.78, 5) is 12.4. The average molecular weight is 453 g/mol. The van der Waals surface area contributed by atoms with Gasteiger partial charge in [0.2, 0.25) is 0 Å². The van der Waals surface area contributed by atoms with E-state index in [2.05, 4.69) is 10.0 Å². The summed E-state index contributed by atoms with van der Waals surface area (Å²) in [5, 5.41) is 2.88. The summed E-state index contributed by atoms with van der Waals surface area (Å²) in [5.41, 5.74) is 6.35. The largest absolute Gasteiger partial charge is 0.484 e. The van der Waals surface area contributed by atoms with Crippen LogP contribution in [0.3, 0.4) is 0 Å². The van der Waals surface area contributed by atoms with Gasteiger partial charge in [0.05, 0.1) is 4.90 Å². The van der Waals surface area contributed by atoms with Gasteiger partial charge in [0.25, 0.3) is 15.9 Å². The molecule has 168 valence electrons. The molecule has 3 aromatic carbocycles. The number of nitrogens with one attached hydrogen (secondary N) is 2. The Kier molecular flexibility index (Phi) is 6.89. The molecule has 0 aliphatic heterocycles. The molecule has 0 fully saturated rings. The summed E-state index contributed by atoms with van der Waals surface area (Å²) in [6, 6.07) is 15.5. The van der Waals surface area contributed by atoms with Crippen molar-refractivity contribution in [1.82, 2.24) is 0 Å². The first kappa shape index (κ1) is 23.3. The number of hydrogen-bond acceptors (Lipinski definition) is 4. The number of carbonyl (C=O) groups is 1. The van der Waals surface area contributed by atoms with E-state index < -0.39 is 10.0 Å². The number of rotatable bonds is 7. The Balaban J connectivity index is 1.62. The number of anilines is 2. The van der Waals surface area contributed by atoms with Crippen molar-refractivity contribution in [3.05, 3.63) is 82.4 Å². The number of amides is 1. The minimum Gasteiger partial charge on any atom is -0.484 e. The van der Waals surface area contributed by atoms with E-state index in [1.54, 1.807) is 12.1 Å². The molecule has 0 aliphatic rings. The normalized spacial score (nSPS) is 11.2. The highest BCUT2D eigenvalue weighted by atomic mass is 32.2. The number of ether oxygens (including phenoxy) is 1. The summed E-state index contributed by atoms with van der Waals surface area (Å²) in [6.07, 6.45) is 0. The zero-order valence-electron chi connectivity index (χ0n) is 18.9. The minimum atomic E-state index is -3.73. The van der Waals surface area contributed by atoms with E-state index in [-0.39, 0.29) is 17.4 Å². The first-order valence-electron chi connectivity index (χ1n) is 10.3. The molecule has 7 heteroatoms. The molecule has 0 saturated carbocycles. The maximum atomic E-state index is 12.7. The van der Waals surface area contributed by atoms with Crippen LogP contribution in [0, 0.1) is 34.6 Å². The maximum Gasteiger partial charge on any atom is 0.262 e. The summed E-state index contributed by atoms with van der Waals surface area (Å²) in [6.45, 7) is 9.54. The fraction of sp³-hybridized carbons (Fsp3) is 0.240. The Morgan fingerprint density at radius 2 is 1.34 bits per heavy atom. The monoisotopic (exact) mass is 452 g/mol. The van der Waals surface area contributed by atoms with Crippen LogP contribution >= 0.6 is 0 Å². The molecule has 0 aliphatic carbocycles. The SMILES string of the molecule is Cc1cc(C)cc(NS(=O)(=O)c2ccc(OCC(=O)Nc3c(C)cc(C)cc3C)cc2)c1. The molecular weight excluding hydrogens is 424 g/mol. The Bertz CT molecular complexity index is 1210. The number of aryl methyl sites for hydroxylation is 5. The standard InChI is InChI=1S/C25H28N2O4S/c1-16-10-17(2)14-21(13-16)27-32(29,30)23-8-6-22(7-9-23)31-15-24(28)26-25-19(4)11-18(3)12-20(25)5/h6-14,27H,15H2,1-5H3,(H,26,28). The molecule has 3 rings (SSSR count). The second-order valence-corrected chi connectivity index (χ2v) is 9.75. The van der Waals surface area contributed by atoms with Crippen molar-refractivity contribution >= 4 is 27.3 Å². The summed E-state index contributed by atoms with van der Waals surface area (Å²) < 4.78 is 33.5. The molecule has 0 radical (unpaired) electrons. The molecule has 32 heavy (non-hydrogen) atoms. The van der Waals surface area contributed by atoms with E-state index >= 15 is 0 Å². The Labute approximate surface area is 189 Å². The Morgan fingerprint density at radius 1 is 0.812 bits per heavy atom. The van der Waals surface area contributed by atoms with Crippen LogP contribution in [0.25, 0.3) is 0 Å². The first-order valence-corrected chi connectivity index (χ1v) is 11.7. The van der Waals surface area contributed by atoms with Gasteiger partial charge >= 0.3 is 0 Å². The Hall–Kier alpha value is -3.32. The van der Waals surface area contributed by atoms with Crippen LogP contribution in [0.4, 0.5) is 11.4 Å². The fourth-order valence-corrected chi connectivity index (χ4v) is 4.70. The lowest BCUT2D eigenvalue weighted by Gasteiger charge is -2.13. The van der Waals surface area contributed by atoms with Gasteiger partial charge in [-0.2, -0.15) is 0 Å². The van der Waals surface area contributed by atoms with E-state index in [0.717, 1.165) is 33.5 Å². The van der Waals surface area contributed by atoms with Crippen molar-refractivity contribution in [2.24, 2.45) is 0 Å². The highest BCUT2D eigenvalue weighted by Gasteiger charge is 2.15. The van der Waals surface area contributed by atoms with Gasteiger partial charge in [0, 0.05) is 11.4 Å². The molecule has 6 nitrogen and oxygen atoms in total. The van der Waals surface area contributed by atoms with Crippen molar-refractivity contribution in [3.8, 4) is 5.75 Å². The molecule has 3 aromatic rings.